The molecule has 2 unspecified atom stereocenters. The van der Waals surface area contributed by atoms with E-state index >= 15 is 0 Å². The lowest BCUT2D eigenvalue weighted by Crippen LogP contribution is -2.40. The number of esters is 1. The van der Waals surface area contributed by atoms with Gasteiger partial charge in [0.2, 0.25) is 0 Å². The highest BCUT2D eigenvalue weighted by atomic mass is 16.6. The van der Waals surface area contributed by atoms with Crippen molar-refractivity contribution in [2.24, 2.45) is 11.8 Å². The molecule has 28 heavy (non-hydrogen) atoms. The van der Waals surface area contributed by atoms with Crippen molar-refractivity contribution in [2.45, 2.75) is 44.6 Å². The Bertz CT molecular complexity index is 981. The fraction of sp³-hybridized carbons (Fsp3) is 0.346. The highest BCUT2D eigenvalue weighted by Crippen LogP contribution is 2.59. The Kier molecular flexibility index (Phi) is 4.04. The zero-order valence-electron chi connectivity index (χ0n) is 16.4. The molecule has 0 spiro atoms. The highest BCUT2D eigenvalue weighted by Gasteiger charge is 2.54. The summed E-state index contributed by atoms with van der Waals surface area (Å²) in [5, 5.41) is 0. The van der Waals surface area contributed by atoms with Gasteiger partial charge in [0.05, 0.1) is 0 Å². The number of allylic oxidation sites excluding steroid dienone is 6. The summed E-state index contributed by atoms with van der Waals surface area (Å²) >= 11 is 0. The average molecular weight is 370 g/mol. The SMILES string of the molecule is C=C(C)C(=O)OC1(C2CCCC2)C2=C(CC3C=CC=CC3=C2)c2ccccc21. The summed E-state index contributed by atoms with van der Waals surface area (Å²) in [7, 11) is 0. The molecule has 0 bridgehead atoms. The van der Waals surface area contributed by atoms with E-state index in [1.807, 2.05) is 0 Å². The third-order valence-electron chi connectivity index (χ3n) is 6.82. The molecule has 1 aromatic rings. The molecule has 0 aromatic heterocycles. The van der Waals surface area contributed by atoms with E-state index in [4.69, 9.17) is 4.74 Å². The number of hydrogen-bond donors (Lipinski definition) is 0. The van der Waals surface area contributed by atoms with Crippen LogP contribution in [0.3, 0.4) is 0 Å². The normalized spacial score (nSPS) is 27.9. The van der Waals surface area contributed by atoms with Crippen LogP contribution in [0, 0.1) is 11.8 Å². The van der Waals surface area contributed by atoms with Crippen molar-refractivity contribution in [2.75, 3.05) is 0 Å². The molecule has 0 aliphatic heterocycles. The predicted octanol–water partition coefficient (Wildman–Crippen LogP) is 6.03. The zero-order chi connectivity index (χ0) is 19.3. The lowest BCUT2D eigenvalue weighted by atomic mass is 9.73. The van der Waals surface area contributed by atoms with E-state index < -0.39 is 5.60 Å². The summed E-state index contributed by atoms with van der Waals surface area (Å²) in [4.78, 5) is 12.8. The fourth-order valence-electron chi connectivity index (χ4n) is 5.52. The Hall–Kier alpha value is -2.61. The van der Waals surface area contributed by atoms with E-state index in [0.29, 0.717) is 17.4 Å². The molecular formula is C26H26O2. The molecule has 4 aliphatic carbocycles. The minimum atomic E-state index is -0.675. The van der Waals surface area contributed by atoms with Gasteiger partial charge in [0.1, 0.15) is 0 Å². The molecule has 4 aliphatic rings. The first-order valence-electron chi connectivity index (χ1n) is 10.4. The van der Waals surface area contributed by atoms with Crippen LogP contribution in [0.25, 0.3) is 5.57 Å². The van der Waals surface area contributed by atoms with Crippen molar-refractivity contribution >= 4 is 11.5 Å². The molecule has 1 saturated carbocycles. The van der Waals surface area contributed by atoms with Crippen LogP contribution in [0.5, 0.6) is 0 Å². The van der Waals surface area contributed by atoms with Crippen LogP contribution >= 0.6 is 0 Å². The minimum Gasteiger partial charge on any atom is -0.446 e. The number of fused-ring (bicyclic) bond motifs is 3. The molecule has 142 valence electrons. The molecule has 2 heteroatoms. The Labute approximate surface area is 167 Å². The van der Waals surface area contributed by atoms with Crippen LogP contribution in [0.15, 0.2) is 77.9 Å². The number of carbonyl (C=O) groups excluding carboxylic acids is 1. The van der Waals surface area contributed by atoms with Gasteiger partial charge in [-0.05, 0) is 42.9 Å². The Morgan fingerprint density at radius 1 is 1.18 bits per heavy atom. The van der Waals surface area contributed by atoms with Gasteiger partial charge in [-0.2, -0.15) is 0 Å². The molecule has 2 atom stereocenters. The molecule has 2 nitrogen and oxygen atoms in total. The molecule has 0 heterocycles. The van der Waals surface area contributed by atoms with E-state index in [1.165, 1.54) is 40.7 Å². The Morgan fingerprint density at radius 3 is 2.75 bits per heavy atom. The van der Waals surface area contributed by atoms with E-state index in [2.05, 4.69) is 61.2 Å². The predicted molar refractivity (Wildman–Crippen MR) is 112 cm³/mol. The van der Waals surface area contributed by atoms with E-state index in [0.717, 1.165) is 19.3 Å². The first kappa shape index (κ1) is 17.5. The summed E-state index contributed by atoms with van der Waals surface area (Å²) in [6.07, 6.45) is 16.6. The second-order valence-corrected chi connectivity index (χ2v) is 8.52. The largest absolute Gasteiger partial charge is 0.446 e. The summed E-state index contributed by atoms with van der Waals surface area (Å²) in [5.41, 5.74) is 6.11. The van der Waals surface area contributed by atoms with Gasteiger partial charge in [0.25, 0.3) is 0 Å². The number of carbonyl (C=O) groups is 1. The number of rotatable bonds is 3. The first-order valence-corrected chi connectivity index (χ1v) is 10.4. The van der Waals surface area contributed by atoms with Gasteiger partial charge in [-0.15, -0.1) is 0 Å². The Balaban J connectivity index is 1.74. The van der Waals surface area contributed by atoms with Gasteiger partial charge in [-0.3, -0.25) is 0 Å². The van der Waals surface area contributed by atoms with Crippen molar-refractivity contribution in [1.29, 1.82) is 0 Å². The molecule has 0 amide bonds. The average Bonchev–Trinajstić information content (AvgIpc) is 3.33. The van der Waals surface area contributed by atoms with Crippen molar-refractivity contribution in [3.8, 4) is 0 Å². The standard InChI is InChI=1S/C26H26O2/c1-17(2)25(27)28-26(20-11-5-6-12-20)23-14-8-7-13-21(23)22-15-18-9-3-4-10-19(18)16-24(22)26/h3-4,7-10,13-14,16,18,20H,1,5-6,11-12,15H2,2H3. The summed E-state index contributed by atoms with van der Waals surface area (Å²) in [6.45, 7) is 5.60. The van der Waals surface area contributed by atoms with Crippen LogP contribution in [0.4, 0.5) is 0 Å². The summed E-state index contributed by atoms with van der Waals surface area (Å²) in [5.74, 6) is 0.448. The topological polar surface area (TPSA) is 26.3 Å². The third-order valence-corrected chi connectivity index (χ3v) is 6.82. The number of hydrogen-bond acceptors (Lipinski definition) is 2. The minimum absolute atomic E-state index is 0.282. The lowest BCUT2D eigenvalue weighted by molar-refractivity contribution is -0.157. The van der Waals surface area contributed by atoms with Gasteiger partial charge in [0.15, 0.2) is 5.60 Å². The zero-order valence-corrected chi connectivity index (χ0v) is 16.4. The van der Waals surface area contributed by atoms with Gasteiger partial charge in [-0.1, -0.05) is 74.1 Å². The molecule has 0 N–H and O–H groups in total. The second-order valence-electron chi connectivity index (χ2n) is 8.52. The Morgan fingerprint density at radius 2 is 1.96 bits per heavy atom. The maximum absolute atomic E-state index is 12.8. The summed E-state index contributed by atoms with van der Waals surface area (Å²) in [6, 6.07) is 8.56. The maximum atomic E-state index is 12.8. The third kappa shape index (κ3) is 2.44. The van der Waals surface area contributed by atoms with E-state index in [9.17, 15) is 4.79 Å². The first-order chi connectivity index (χ1) is 13.6. The van der Waals surface area contributed by atoms with Crippen molar-refractivity contribution in [3.63, 3.8) is 0 Å². The van der Waals surface area contributed by atoms with Crippen molar-refractivity contribution in [3.05, 3.63) is 89.1 Å². The second kappa shape index (κ2) is 6.48. The van der Waals surface area contributed by atoms with Crippen molar-refractivity contribution < 1.29 is 9.53 Å². The van der Waals surface area contributed by atoms with Crippen LogP contribution < -0.4 is 0 Å². The summed E-state index contributed by atoms with van der Waals surface area (Å²) < 4.78 is 6.44. The number of benzene rings is 1. The maximum Gasteiger partial charge on any atom is 0.334 e. The smallest absolute Gasteiger partial charge is 0.334 e. The van der Waals surface area contributed by atoms with Gasteiger partial charge < -0.3 is 4.74 Å². The van der Waals surface area contributed by atoms with E-state index in [-0.39, 0.29) is 5.97 Å². The molecule has 1 fully saturated rings. The van der Waals surface area contributed by atoms with Crippen LogP contribution in [-0.4, -0.2) is 5.97 Å². The molecule has 0 saturated heterocycles. The molecule has 0 radical (unpaired) electrons. The van der Waals surface area contributed by atoms with Gasteiger partial charge in [-0.25, -0.2) is 4.79 Å². The van der Waals surface area contributed by atoms with Crippen molar-refractivity contribution in [1.82, 2.24) is 0 Å². The van der Waals surface area contributed by atoms with E-state index in [1.54, 1.807) is 6.92 Å². The molecule has 1 aromatic carbocycles. The monoisotopic (exact) mass is 370 g/mol. The highest BCUT2D eigenvalue weighted by molar-refractivity contribution is 5.90. The van der Waals surface area contributed by atoms with Crippen LogP contribution in [0.1, 0.15) is 50.2 Å². The van der Waals surface area contributed by atoms with Crippen LogP contribution in [-0.2, 0) is 15.1 Å². The van der Waals surface area contributed by atoms with Gasteiger partial charge in [0, 0.05) is 28.5 Å². The quantitative estimate of drug-likeness (QED) is 0.479. The lowest BCUT2D eigenvalue weighted by Gasteiger charge is -2.39. The fourth-order valence-corrected chi connectivity index (χ4v) is 5.52. The molecule has 5 rings (SSSR count). The number of ether oxygens (including phenoxy) is 1. The van der Waals surface area contributed by atoms with Crippen LogP contribution in [0.2, 0.25) is 0 Å². The molecular weight excluding hydrogens is 344 g/mol. The van der Waals surface area contributed by atoms with Gasteiger partial charge >= 0.3 is 5.97 Å².